The van der Waals surface area contributed by atoms with Crippen molar-refractivity contribution < 1.29 is 14.6 Å². The molecule has 0 bridgehead atoms. The molecule has 212 valence electrons. The highest BCUT2D eigenvalue weighted by Crippen LogP contribution is 2.54. The lowest BCUT2D eigenvalue weighted by atomic mass is 9.73. The Balaban J connectivity index is 1.88. The van der Waals surface area contributed by atoms with E-state index in [0.717, 1.165) is 48.7 Å². The van der Waals surface area contributed by atoms with E-state index in [4.69, 9.17) is 16.3 Å². The number of carbonyl (C=O) groups is 1. The Bertz CT molecular complexity index is 1500. The second kappa shape index (κ2) is 11.8. The second-order valence-electron chi connectivity index (χ2n) is 10.0. The van der Waals surface area contributed by atoms with Crippen molar-refractivity contribution in [2.75, 3.05) is 41.3 Å². The zero-order valence-corrected chi connectivity index (χ0v) is 24.7. The molecule has 0 atom stereocenters. The predicted octanol–water partition coefficient (Wildman–Crippen LogP) is 8.24. The molecule has 0 saturated heterocycles. The summed E-state index contributed by atoms with van der Waals surface area (Å²) in [5, 5.41) is 14.7. The molecule has 1 heterocycles. The third-order valence-corrected chi connectivity index (χ3v) is 8.30. The molecule has 41 heavy (non-hydrogen) atoms. The molecule has 4 aromatic rings. The van der Waals surface area contributed by atoms with Crippen molar-refractivity contribution in [1.29, 1.82) is 0 Å². The molecule has 2 N–H and O–H groups in total. The Morgan fingerprint density at radius 1 is 0.756 bits per heavy atom. The van der Waals surface area contributed by atoms with Gasteiger partial charge in [-0.15, -0.1) is 0 Å². The van der Waals surface area contributed by atoms with Crippen molar-refractivity contribution in [3.05, 3.63) is 112 Å². The minimum Gasteiger partial charge on any atom is -0.478 e. The van der Waals surface area contributed by atoms with E-state index in [1.807, 2.05) is 48.5 Å². The summed E-state index contributed by atoms with van der Waals surface area (Å²) >= 11 is 6.73. The number of anilines is 3. The van der Waals surface area contributed by atoms with E-state index < -0.39 is 11.5 Å². The number of para-hydroxylation sites is 1. The number of nitrogens with zero attached hydrogens (tertiary/aromatic N) is 2. The minimum absolute atomic E-state index is 0.200. The van der Waals surface area contributed by atoms with Crippen LogP contribution in [0, 0.1) is 0 Å². The number of carboxylic acids is 1. The van der Waals surface area contributed by atoms with Gasteiger partial charge in [-0.1, -0.05) is 54.1 Å². The number of benzene rings is 4. The molecule has 6 nitrogen and oxygen atoms in total. The summed E-state index contributed by atoms with van der Waals surface area (Å²) in [7, 11) is 0. The van der Waals surface area contributed by atoms with Crippen LogP contribution in [0.3, 0.4) is 0 Å². The van der Waals surface area contributed by atoms with Gasteiger partial charge in [-0.2, -0.15) is 0 Å². The summed E-state index contributed by atoms with van der Waals surface area (Å²) in [6, 6.07) is 27.1. The van der Waals surface area contributed by atoms with Crippen LogP contribution in [0.25, 0.3) is 0 Å². The SMILES string of the molecule is CCN(CC)c1ccc2c(c1)Oc1cc(N(CC)CC)ccc1C2(Nc1ccccc1Cl)c1ccccc1C(=O)O. The van der Waals surface area contributed by atoms with E-state index in [1.54, 1.807) is 12.1 Å². The molecule has 0 fully saturated rings. The third-order valence-electron chi connectivity index (χ3n) is 7.97. The Hall–Kier alpha value is -4.16. The number of carboxylic acid groups (broad SMARTS) is 1. The van der Waals surface area contributed by atoms with E-state index in [1.165, 1.54) is 0 Å². The van der Waals surface area contributed by atoms with Crippen molar-refractivity contribution in [1.82, 2.24) is 0 Å². The Kier molecular flexibility index (Phi) is 8.13. The van der Waals surface area contributed by atoms with Gasteiger partial charge in [0.05, 0.1) is 16.3 Å². The van der Waals surface area contributed by atoms with E-state index in [-0.39, 0.29) is 5.56 Å². The summed E-state index contributed by atoms with van der Waals surface area (Å²) in [6.07, 6.45) is 0. The zero-order chi connectivity index (χ0) is 29.1. The first kappa shape index (κ1) is 28.4. The lowest BCUT2D eigenvalue weighted by Gasteiger charge is -2.43. The van der Waals surface area contributed by atoms with Gasteiger partial charge < -0.3 is 25.0 Å². The first-order valence-electron chi connectivity index (χ1n) is 14.2. The monoisotopic (exact) mass is 569 g/mol. The third kappa shape index (κ3) is 4.97. The number of hydrogen-bond donors (Lipinski definition) is 2. The fourth-order valence-electron chi connectivity index (χ4n) is 5.90. The van der Waals surface area contributed by atoms with Gasteiger partial charge in [-0.05, 0) is 58.0 Å². The van der Waals surface area contributed by atoms with Crippen molar-refractivity contribution in [2.24, 2.45) is 0 Å². The highest BCUT2D eigenvalue weighted by atomic mass is 35.5. The summed E-state index contributed by atoms with van der Waals surface area (Å²) < 4.78 is 6.71. The summed E-state index contributed by atoms with van der Waals surface area (Å²) in [6.45, 7) is 11.9. The normalized spacial score (nSPS) is 13.0. The minimum atomic E-state index is -1.12. The van der Waals surface area contributed by atoms with Crippen molar-refractivity contribution in [2.45, 2.75) is 33.2 Å². The number of nitrogens with one attached hydrogen (secondary N) is 1. The molecule has 0 radical (unpaired) electrons. The number of rotatable bonds is 10. The predicted molar refractivity (Wildman–Crippen MR) is 168 cm³/mol. The van der Waals surface area contributed by atoms with Crippen LogP contribution < -0.4 is 19.9 Å². The number of ether oxygens (including phenoxy) is 1. The van der Waals surface area contributed by atoms with Crippen LogP contribution in [-0.4, -0.2) is 37.3 Å². The van der Waals surface area contributed by atoms with Crippen molar-refractivity contribution in [3.8, 4) is 11.5 Å². The van der Waals surface area contributed by atoms with Gasteiger partial charge in [0, 0.05) is 66.4 Å². The molecule has 0 aliphatic carbocycles. The van der Waals surface area contributed by atoms with E-state index in [9.17, 15) is 9.90 Å². The first-order chi connectivity index (χ1) is 19.9. The largest absolute Gasteiger partial charge is 0.478 e. The Morgan fingerprint density at radius 2 is 1.27 bits per heavy atom. The van der Waals surface area contributed by atoms with Crippen LogP contribution in [0.2, 0.25) is 5.02 Å². The summed E-state index contributed by atoms with van der Waals surface area (Å²) in [4.78, 5) is 17.2. The van der Waals surface area contributed by atoms with Gasteiger partial charge in [0.15, 0.2) is 0 Å². The average Bonchev–Trinajstić information content (AvgIpc) is 2.99. The maximum atomic E-state index is 12.7. The molecule has 1 aliphatic heterocycles. The fourth-order valence-corrected chi connectivity index (χ4v) is 6.08. The van der Waals surface area contributed by atoms with E-state index >= 15 is 0 Å². The number of fused-ring (bicyclic) bond motifs is 2. The van der Waals surface area contributed by atoms with Gasteiger partial charge >= 0.3 is 5.97 Å². The van der Waals surface area contributed by atoms with Crippen LogP contribution >= 0.6 is 11.6 Å². The van der Waals surface area contributed by atoms with Crippen LogP contribution in [0.4, 0.5) is 17.1 Å². The first-order valence-corrected chi connectivity index (χ1v) is 14.6. The maximum Gasteiger partial charge on any atom is 0.336 e. The van der Waals surface area contributed by atoms with Crippen LogP contribution in [0.5, 0.6) is 11.5 Å². The van der Waals surface area contributed by atoms with E-state index in [0.29, 0.717) is 27.8 Å². The van der Waals surface area contributed by atoms with Crippen molar-refractivity contribution >= 4 is 34.6 Å². The lowest BCUT2D eigenvalue weighted by Crippen LogP contribution is -2.42. The molecule has 0 aromatic heterocycles. The van der Waals surface area contributed by atoms with E-state index in [2.05, 4.69) is 67.1 Å². The topological polar surface area (TPSA) is 65.0 Å². The summed E-state index contributed by atoms with van der Waals surface area (Å²) in [5.74, 6) is 0.326. The number of aromatic carboxylic acids is 1. The Labute approximate surface area is 247 Å². The highest BCUT2D eigenvalue weighted by Gasteiger charge is 2.46. The fraction of sp³-hybridized carbons (Fsp3) is 0.265. The summed E-state index contributed by atoms with van der Waals surface area (Å²) in [5.41, 5.74) is 4.07. The maximum absolute atomic E-state index is 12.7. The molecule has 5 rings (SSSR count). The van der Waals surface area contributed by atoms with Gasteiger partial charge in [-0.25, -0.2) is 4.79 Å². The van der Waals surface area contributed by atoms with Crippen LogP contribution in [0.1, 0.15) is 54.7 Å². The molecule has 0 unspecified atom stereocenters. The second-order valence-corrected chi connectivity index (χ2v) is 10.4. The van der Waals surface area contributed by atoms with Gasteiger partial charge in [0.1, 0.15) is 17.0 Å². The van der Waals surface area contributed by atoms with Crippen molar-refractivity contribution in [3.63, 3.8) is 0 Å². The molecule has 1 aliphatic rings. The Morgan fingerprint density at radius 3 is 1.78 bits per heavy atom. The zero-order valence-electron chi connectivity index (χ0n) is 23.9. The van der Waals surface area contributed by atoms with Gasteiger partial charge in [0.25, 0.3) is 0 Å². The van der Waals surface area contributed by atoms with Crippen LogP contribution in [-0.2, 0) is 5.54 Å². The quantitative estimate of drug-likeness (QED) is 0.200. The molecule has 7 heteroatoms. The average molecular weight is 570 g/mol. The lowest BCUT2D eigenvalue weighted by molar-refractivity contribution is 0.0694. The molecule has 0 spiro atoms. The van der Waals surface area contributed by atoms with Gasteiger partial charge in [-0.3, -0.25) is 0 Å². The number of halogens is 1. The molecular weight excluding hydrogens is 534 g/mol. The molecular formula is C34H36ClN3O3. The van der Waals surface area contributed by atoms with Crippen LogP contribution in [0.15, 0.2) is 84.9 Å². The molecule has 4 aromatic carbocycles. The number of hydrogen-bond acceptors (Lipinski definition) is 5. The molecule has 0 amide bonds. The van der Waals surface area contributed by atoms with Gasteiger partial charge in [0.2, 0.25) is 0 Å². The highest BCUT2D eigenvalue weighted by molar-refractivity contribution is 6.33. The standard InChI is InChI=1S/C34H36ClN3O3/c1-5-37(6-2)23-17-19-27-31(21-23)41-32-22-24(38(7-3)8-4)18-20-28(32)34(27,36-30-16-12-11-15-29(30)35)26-14-10-9-13-25(26)33(39)40/h9-22,36H,5-8H2,1-4H3,(H,39,40). The molecule has 0 saturated carbocycles. The smallest absolute Gasteiger partial charge is 0.336 e.